The van der Waals surface area contributed by atoms with Crippen LogP contribution in [0.3, 0.4) is 0 Å². The molecular weight excluding hydrogens is 288 g/mol. The zero-order valence-corrected chi connectivity index (χ0v) is 11.4. The molecule has 2 rings (SSSR count). The molecule has 0 bridgehead atoms. The van der Waals surface area contributed by atoms with Crippen molar-refractivity contribution in [2.45, 2.75) is 6.54 Å². The van der Waals surface area contributed by atoms with Crippen LogP contribution < -0.4 is 5.32 Å². The number of carboxylic acid groups (broad SMARTS) is 1. The molecule has 0 heterocycles. The number of benzene rings is 2. The monoisotopic (exact) mass is 300 g/mol. The Labute approximate surface area is 125 Å². The number of amides is 1. The molecule has 0 aliphatic carbocycles. The van der Waals surface area contributed by atoms with Crippen LogP contribution in [0.2, 0.25) is 0 Å². The van der Waals surface area contributed by atoms with Gasteiger partial charge in [0.1, 0.15) is 0 Å². The third-order valence-corrected chi connectivity index (χ3v) is 2.99. The molecule has 1 amide bonds. The number of aromatic carboxylic acids is 1. The van der Waals surface area contributed by atoms with Crippen LogP contribution in [0.1, 0.15) is 26.3 Å². The van der Waals surface area contributed by atoms with Crippen molar-refractivity contribution in [3.05, 3.63) is 75.3 Å². The first kappa shape index (κ1) is 15.2. The van der Waals surface area contributed by atoms with Crippen molar-refractivity contribution in [1.29, 1.82) is 0 Å². The van der Waals surface area contributed by atoms with Gasteiger partial charge in [-0.3, -0.25) is 14.9 Å². The van der Waals surface area contributed by atoms with Crippen molar-refractivity contribution in [3.8, 4) is 0 Å². The van der Waals surface area contributed by atoms with E-state index in [1.54, 1.807) is 12.1 Å². The predicted octanol–water partition coefficient (Wildman–Crippen LogP) is 2.22. The van der Waals surface area contributed by atoms with Crippen molar-refractivity contribution >= 4 is 17.6 Å². The van der Waals surface area contributed by atoms with Crippen LogP contribution in [0.25, 0.3) is 0 Å². The quantitative estimate of drug-likeness (QED) is 0.650. The summed E-state index contributed by atoms with van der Waals surface area (Å²) in [6, 6.07) is 11.4. The minimum absolute atomic E-state index is 0.0826. The lowest BCUT2D eigenvalue weighted by molar-refractivity contribution is -0.384. The lowest BCUT2D eigenvalue weighted by atomic mass is 10.1. The van der Waals surface area contributed by atoms with E-state index < -0.39 is 10.9 Å². The summed E-state index contributed by atoms with van der Waals surface area (Å²) in [6.45, 7) is 0.232. The van der Waals surface area contributed by atoms with Crippen LogP contribution in [0.15, 0.2) is 48.5 Å². The number of rotatable bonds is 5. The molecule has 0 radical (unpaired) electrons. The molecule has 0 saturated heterocycles. The molecule has 2 N–H and O–H groups in total. The summed E-state index contributed by atoms with van der Waals surface area (Å²) in [5.41, 5.74) is 1.15. The number of carbonyl (C=O) groups excluding carboxylic acids is 1. The number of carboxylic acids is 1. The van der Waals surface area contributed by atoms with Crippen LogP contribution in [0.5, 0.6) is 0 Å². The van der Waals surface area contributed by atoms with Crippen molar-refractivity contribution in [2.75, 3.05) is 0 Å². The zero-order chi connectivity index (χ0) is 16.1. The zero-order valence-electron chi connectivity index (χ0n) is 11.4. The van der Waals surface area contributed by atoms with Gasteiger partial charge < -0.3 is 10.4 Å². The van der Waals surface area contributed by atoms with Gasteiger partial charge in [-0.05, 0) is 29.8 Å². The second kappa shape index (κ2) is 6.49. The van der Waals surface area contributed by atoms with E-state index in [2.05, 4.69) is 5.32 Å². The molecule has 0 spiro atoms. The normalized spacial score (nSPS) is 10.0. The number of nitro groups is 1. The van der Waals surface area contributed by atoms with Crippen molar-refractivity contribution in [3.63, 3.8) is 0 Å². The van der Waals surface area contributed by atoms with Gasteiger partial charge in [0.15, 0.2) is 0 Å². The second-order valence-corrected chi connectivity index (χ2v) is 4.49. The van der Waals surface area contributed by atoms with Crippen LogP contribution in [-0.4, -0.2) is 21.9 Å². The fourth-order valence-corrected chi connectivity index (χ4v) is 1.78. The number of hydrogen-bond donors (Lipinski definition) is 2. The number of nitrogens with zero attached hydrogens (tertiary/aromatic N) is 1. The minimum atomic E-state index is -1.01. The molecule has 7 heteroatoms. The molecule has 0 aliphatic rings. The van der Waals surface area contributed by atoms with Gasteiger partial charge in [-0.15, -0.1) is 0 Å². The standard InChI is InChI=1S/C15H12N2O5/c18-14(11-5-7-13(8-6-11)17(21)22)16-9-10-1-3-12(4-2-10)15(19)20/h1-8H,9H2,(H,16,18)(H,19,20). The van der Waals surface area contributed by atoms with E-state index in [1.165, 1.54) is 36.4 Å². The Morgan fingerprint density at radius 2 is 1.55 bits per heavy atom. The Hall–Kier alpha value is -3.22. The summed E-state index contributed by atoms with van der Waals surface area (Å²) in [5.74, 6) is -1.38. The maximum Gasteiger partial charge on any atom is 0.335 e. The summed E-state index contributed by atoms with van der Waals surface area (Å²) in [5, 5.41) is 22.0. The fraction of sp³-hybridized carbons (Fsp3) is 0.0667. The first-order valence-corrected chi connectivity index (χ1v) is 6.32. The van der Waals surface area contributed by atoms with E-state index >= 15 is 0 Å². The third-order valence-electron chi connectivity index (χ3n) is 2.99. The van der Waals surface area contributed by atoms with Crippen LogP contribution in [0, 0.1) is 10.1 Å². The average Bonchev–Trinajstić information content (AvgIpc) is 2.53. The molecule has 0 aliphatic heterocycles. The second-order valence-electron chi connectivity index (χ2n) is 4.49. The smallest absolute Gasteiger partial charge is 0.335 e. The van der Waals surface area contributed by atoms with Gasteiger partial charge in [0.05, 0.1) is 10.5 Å². The van der Waals surface area contributed by atoms with Crippen LogP contribution in [-0.2, 0) is 6.54 Å². The molecule has 7 nitrogen and oxygen atoms in total. The number of carbonyl (C=O) groups is 2. The van der Waals surface area contributed by atoms with Crippen molar-refractivity contribution < 1.29 is 19.6 Å². The summed E-state index contributed by atoms with van der Waals surface area (Å²) >= 11 is 0. The summed E-state index contributed by atoms with van der Waals surface area (Å²) in [6.07, 6.45) is 0. The Morgan fingerprint density at radius 3 is 2.05 bits per heavy atom. The number of nitro benzene ring substituents is 1. The molecule has 0 atom stereocenters. The molecule has 2 aromatic rings. The van der Waals surface area contributed by atoms with Crippen molar-refractivity contribution in [1.82, 2.24) is 5.32 Å². The molecule has 0 aromatic heterocycles. The Kier molecular flexibility index (Phi) is 4.47. The maximum absolute atomic E-state index is 11.9. The summed E-state index contributed by atoms with van der Waals surface area (Å²) < 4.78 is 0. The van der Waals surface area contributed by atoms with Gasteiger partial charge >= 0.3 is 5.97 Å². The van der Waals surface area contributed by atoms with E-state index in [1.807, 2.05) is 0 Å². The fourth-order valence-electron chi connectivity index (χ4n) is 1.78. The molecular formula is C15H12N2O5. The molecule has 2 aromatic carbocycles. The van der Waals surface area contributed by atoms with Crippen molar-refractivity contribution in [2.24, 2.45) is 0 Å². The first-order chi connectivity index (χ1) is 10.5. The van der Waals surface area contributed by atoms with Crippen LogP contribution in [0.4, 0.5) is 5.69 Å². The van der Waals surface area contributed by atoms with E-state index in [0.29, 0.717) is 5.56 Å². The van der Waals surface area contributed by atoms with Gasteiger partial charge in [0.25, 0.3) is 11.6 Å². The number of nitrogens with one attached hydrogen (secondary N) is 1. The van der Waals surface area contributed by atoms with Gasteiger partial charge in [0, 0.05) is 24.2 Å². The van der Waals surface area contributed by atoms with E-state index in [4.69, 9.17) is 5.11 Å². The lowest BCUT2D eigenvalue weighted by Crippen LogP contribution is -2.22. The topological polar surface area (TPSA) is 110 Å². The predicted molar refractivity (Wildman–Crippen MR) is 77.7 cm³/mol. The highest BCUT2D eigenvalue weighted by atomic mass is 16.6. The van der Waals surface area contributed by atoms with Gasteiger partial charge in [-0.1, -0.05) is 12.1 Å². The van der Waals surface area contributed by atoms with E-state index in [9.17, 15) is 19.7 Å². The van der Waals surface area contributed by atoms with Crippen LogP contribution >= 0.6 is 0 Å². The molecule has 0 unspecified atom stereocenters. The van der Waals surface area contributed by atoms with Gasteiger partial charge in [-0.2, -0.15) is 0 Å². The highest BCUT2D eigenvalue weighted by Gasteiger charge is 2.09. The van der Waals surface area contributed by atoms with Gasteiger partial charge in [0.2, 0.25) is 0 Å². The molecule has 0 saturated carbocycles. The molecule has 112 valence electrons. The summed E-state index contributed by atoms with van der Waals surface area (Å²) in [4.78, 5) is 32.6. The van der Waals surface area contributed by atoms with Gasteiger partial charge in [-0.25, -0.2) is 4.79 Å². The highest BCUT2D eigenvalue weighted by molar-refractivity contribution is 5.94. The third kappa shape index (κ3) is 3.66. The SMILES string of the molecule is O=C(O)c1ccc(CNC(=O)c2ccc([N+](=O)[O-])cc2)cc1. The maximum atomic E-state index is 11.9. The summed E-state index contributed by atoms with van der Waals surface area (Å²) in [7, 11) is 0. The minimum Gasteiger partial charge on any atom is -0.478 e. The largest absolute Gasteiger partial charge is 0.478 e. The Morgan fingerprint density at radius 1 is 1.00 bits per heavy atom. The Balaban J connectivity index is 1.97. The average molecular weight is 300 g/mol. The first-order valence-electron chi connectivity index (χ1n) is 6.32. The molecule has 0 fully saturated rings. The Bertz CT molecular complexity index is 708. The molecule has 22 heavy (non-hydrogen) atoms. The number of hydrogen-bond acceptors (Lipinski definition) is 4. The number of non-ortho nitro benzene ring substituents is 1. The lowest BCUT2D eigenvalue weighted by Gasteiger charge is -2.05. The van der Waals surface area contributed by atoms with E-state index in [-0.39, 0.29) is 23.7 Å². The highest BCUT2D eigenvalue weighted by Crippen LogP contribution is 2.12. The van der Waals surface area contributed by atoms with E-state index in [0.717, 1.165) is 5.56 Å².